The molecule has 3 N–H and O–H groups in total. The second-order valence-electron chi connectivity index (χ2n) is 5.85. The van der Waals surface area contributed by atoms with Gasteiger partial charge >= 0.3 is 0 Å². The van der Waals surface area contributed by atoms with Gasteiger partial charge in [0.05, 0.1) is 5.75 Å². The van der Waals surface area contributed by atoms with Crippen molar-refractivity contribution in [3.63, 3.8) is 0 Å². The van der Waals surface area contributed by atoms with Crippen LogP contribution in [-0.4, -0.2) is 58.3 Å². The van der Waals surface area contributed by atoms with Crippen molar-refractivity contribution in [2.45, 2.75) is 39.0 Å². The van der Waals surface area contributed by atoms with E-state index in [0.29, 0.717) is 25.0 Å². The van der Waals surface area contributed by atoms with Crippen LogP contribution in [0.2, 0.25) is 0 Å². The molecule has 0 heterocycles. The first kappa shape index (κ1) is 24.3. The predicted octanol–water partition coefficient (Wildman–Crippen LogP) is 2.02. The van der Waals surface area contributed by atoms with Crippen LogP contribution < -0.4 is 15.4 Å². The first-order chi connectivity index (χ1) is 11.1. The van der Waals surface area contributed by atoms with Crippen LogP contribution in [0.3, 0.4) is 0 Å². The van der Waals surface area contributed by atoms with E-state index in [1.807, 2.05) is 18.7 Å². The summed E-state index contributed by atoms with van der Waals surface area (Å²) < 4.78 is 26.6. The summed E-state index contributed by atoms with van der Waals surface area (Å²) in [5, 5.41) is 6.24. The summed E-state index contributed by atoms with van der Waals surface area (Å²) in [6, 6.07) is 0. The van der Waals surface area contributed by atoms with Gasteiger partial charge in [0.15, 0.2) is 5.96 Å². The second-order valence-corrected chi connectivity index (χ2v) is 8.76. The molecule has 1 fully saturated rings. The van der Waals surface area contributed by atoms with E-state index in [-0.39, 0.29) is 29.7 Å². The molecule has 0 aromatic rings. The Morgan fingerprint density at radius 3 is 2.58 bits per heavy atom. The lowest BCUT2D eigenvalue weighted by molar-refractivity contribution is 0.316. The average Bonchev–Trinajstić information content (AvgIpc) is 2.45. The van der Waals surface area contributed by atoms with Crippen molar-refractivity contribution in [2.75, 3.05) is 43.9 Å². The number of nitrogens with one attached hydrogen (secondary N) is 3. The number of guanidine groups is 1. The van der Waals surface area contributed by atoms with Gasteiger partial charge < -0.3 is 10.6 Å². The number of aliphatic imine (C=N–C) groups is 1. The number of rotatable bonds is 12. The molecule has 0 saturated heterocycles. The number of sulfonamides is 1. The van der Waals surface area contributed by atoms with E-state index in [1.54, 1.807) is 0 Å². The Labute approximate surface area is 168 Å². The zero-order valence-electron chi connectivity index (χ0n) is 14.8. The number of halogens is 1. The molecule has 0 unspecified atom stereocenters. The molecule has 1 rings (SSSR count). The minimum Gasteiger partial charge on any atom is -0.357 e. The number of thioether (sulfide) groups is 1. The van der Waals surface area contributed by atoms with Gasteiger partial charge in [-0.25, -0.2) is 13.1 Å². The summed E-state index contributed by atoms with van der Waals surface area (Å²) in [7, 11) is -3.19. The standard InChI is InChI=1S/C15H32N4O2S2.HI/c1-3-16-15(17-9-4-5-11-22-2)18-10-12-23(20,21)19-13-14-7-6-8-14;/h14,19H,3-13H2,1-2H3,(H2,16,17,18);1H. The Hall–Kier alpha value is 0.260. The molecule has 1 saturated carbocycles. The minimum atomic E-state index is -3.19. The molecule has 0 aliphatic heterocycles. The van der Waals surface area contributed by atoms with Crippen molar-refractivity contribution in [3.05, 3.63) is 0 Å². The Morgan fingerprint density at radius 2 is 2.00 bits per heavy atom. The quantitative estimate of drug-likeness (QED) is 0.168. The molecule has 0 radical (unpaired) electrons. The Kier molecular flexibility index (Phi) is 14.6. The fourth-order valence-electron chi connectivity index (χ4n) is 2.21. The van der Waals surface area contributed by atoms with Crippen molar-refractivity contribution in [3.8, 4) is 0 Å². The number of nitrogens with zero attached hydrogens (tertiary/aromatic N) is 1. The minimum absolute atomic E-state index is 0. The van der Waals surface area contributed by atoms with Crippen LogP contribution in [-0.2, 0) is 10.0 Å². The third-order valence-electron chi connectivity index (χ3n) is 3.85. The highest BCUT2D eigenvalue weighted by Crippen LogP contribution is 2.25. The van der Waals surface area contributed by atoms with E-state index in [0.717, 1.165) is 44.5 Å². The zero-order valence-corrected chi connectivity index (χ0v) is 18.8. The molecule has 6 nitrogen and oxygen atoms in total. The molecular weight excluding hydrogens is 459 g/mol. The van der Waals surface area contributed by atoms with E-state index >= 15 is 0 Å². The van der Waals surface area contributed by atoms with Gasteiger partial charge in [0, 0.05) is 26.2 Å². The maximum Gasteiger partial charge on any atom is 0.213 e. The molecule has 0 atom stereocenters. The van der Waals surface area contributed by atoms with E-state index in [1.165, 1.54) is 6.42 Å². The summed E-state index contributed by atoms with van der Waals surface area (Å²) in [6.45, 7) is 4.50. The molecule has 0 aromatic carbocycles. The van der Waals surface area contributed by atoms with Gasteiger partial charge in [0.25, 0.3) is 0 Å². The Balaban J connectivity index is 0.00000529. The van der Waals surface area contributed by atoms with E-state index in [9.17, 15) is 8.42 Å². The van der Waals surface area contributed by atoms with Crippen LogP contribution in [0.15, 0.2) is 4.99 Å². The molecule has 1 aliphatic rings. The van der Waals surface area contributed by atoms with Gasteiger partial charge in [-0.3, -0.25) is 4.99 Å². The largest absolute Gasteiger partial charge is 0.357 e. The van der Waals surface area contributed by atoms with Crippen molar-refractivity contribution < 1.29 is 8.42 Å². The van der Waals surface area contributed by atoms with Crippen LogP contribution in [0.1, 0.15) is 39.0 Å². The highest BCUT2D eigenvalue weighted by atomic mass is 127. The van der Waals surface area contributed by atoms with Gasteiger partial charge in [0.1, 0.15) is 0 Å². The number of hydrogen-bond donors (Lipinski definition) is 3. The lowest BCUT2D eigenvalue weighted by atomic mass is 9.86. The van der Waals surface area contributed by atoms with Gasteiger partial charge in [-0.2, -0.15) is 11.8 Å². The molecule has 144 valence electrons. The van der Waals surface area contributed by atoms with Gasteiger partial charge in [-0.15, -0.1) is 24.0 Å². The van der Waals surface area contributed by atoms with Crippen LogP contribution in [0.25, 0.3) is 0 Å². The molecule has 0 aromatic heterocycles. The normalized spacial score (nSPS) is 15.5. The van der Waals surface area contributed by atoms with Crippen LogP contribution in [0.5, 0.6) is 0 Å². The molecule has 24 heavy (non-hydrogen) atoms. The van der Waals surface area contributed by atoms with Gasteiger partial charge in [-0.05, 0) is 50.5 Å². The Morgan fingerprint density at radius 1 is 1.25 bits per heavy atom. The maximum absolute atomic E-state index is 11.9. The Bertz CT molecular complexity index is 443. The van der Waals surface area contributed by atoms with E-state index in [4.69, 9.17) is 0 Å². The third kappa shape index (κ3) is 11.8. The first-order valence-corrected chi connectivity index (χ1v) is 11.6. The molecular formula is C15H33IN4O2S2. The summed E-state index contributed by atoms with van der Waals surface area (Å²) in [5.74, 6) is 2.48. The summed E-state index contributed by atoms with van der Waals surface area (Å²) in [5.41, 5.74) is 0. The number of hydrogen-bond acceptors (Lipinski definition) is 4. The monoisotopic (exact) mass is 492 g/mol. The highest BCUT2D eigenvalue weighted by molar-refractivity contribution is 14.0. The summed E-state index contributed by atoms with van der Waals surface area (Å²) in [6.07, 6.45) is 7.84. The molecule has 0 spiro atoms. The van der Waals surface area contributed by atoms with Crippen molar-refractivity contribution in [1.29, 1.82) is 0 Å². The SMILES string of the molecule is CCNC(=NCCCCSC)NCCS(=O)(=O)NCC1CCC1.I. The van der Waals surface area contributed by atoms with Gasteiger partial charge in [0.2, 0.25) is 10.0 Å². The second kappa shape index (κ2) is 14.4. The molecule has 9 heteroatoms. The molecule has 1 aliphatic carbocycles. The topological polar surface area (TPSA) is 82.6 Å². The van der Waals surface area contributed by atoms with Crippen LogP contribution >= 0.6 is 35.7 Å². The van der Waals surface area contributed by atoms with Crippen molar-refractivity contribution in [2.24, 2.45) is 10.9 Å². The first-order valence-electron chi connectivity index (χ1n) is 8.56. The lowest BCUT2D eigenvalue weighted by Gasteiger charge is -2.25. The van der Waals surface area contributed by atoms with Gasteiger partial charge in [-0.1, -0.05) is 6.42 Å². The predicted molar refractivity (Wildman–Crippen MR) is 116 cm³/mol. The smallest absolute Gasteiger partial charge is 0.213 e. The van der Waals surface area contributed by atoms with Crippen molar-refractivity contribution in [1.82, 2.24) is 15.4 Å². The fourth-order valence-corrected chi connectivity index (χ4v) is 3.71. The molecule has 0 amide bonds. The molecule has 0 bridgehead atoms. The maximum atomic E-state index is 11.9. The van der Waals surface area contributed by atoms with E-state index in [2.05, 4.69) is 26.6 Å². The third-order valence-corrected chi connectivity index (χ3v) is 5.90. The summed E-state index contributed by atoms with van der Waals surface area (Å²) >= 11 is 1.85. The summed E-state index contributed by atoms with van der Waals surface area (Å²) in [4.78, 5) is 4.47. The zero-order chi connectivity index (χ0) is 17.0. The van der Waals surface area contributed by atoms with E-state index < -0.39 is 10.0 Å². The van der Waals surface area contributed by atoms with Crippen molar-refractivity contribution >= 4 is 51.7 Å². The highest BCUT2D eigenvalue weighted by Gasteiger charge is 2.19. The van der Waals surface area contributed by atoms with Crippen LogP contribution in [0.4, 0.5) is 0 Å². The fraction of sp³-hybridized carbons (Fsp3) is 0.933. The van der Waals surface area contributed by atoms with Crippen LogP contribution in [0, 0.1) is 5.92 Å². The number of unbranched alkanes of at least 4 members (excludes halogenated alkanes) is 1. The average molecular weight is 492 g/mol. The lowest BCUT2D eigenvalue weighted by Crippen LogP contribution is -2.42.